The zero-order chi connectivity index (χ0) is 35.3. The van der Waals surface area contributed by atoms with E-state index in [1.165, 1.54) is 0 Å². The van der Waals surface area contributed by atoms with Crippen LogP contribution in [0, 0.1) is 0 Å². The standard InChI is InChI=1S/C30H59N3O12P2/c1-8-39-28(34)21-31(22-29(35)40-9-2)19-20-32(24-46(37,42-11-4)43-12-5)26-17-15-16-18-27(26)33(23-30(36)41-10-3)25-47(38,44-13-6)45-14-7/h26-27H,8-25H2,1-7H3/t26-,27-/m1/s1. The lowest BCUT2D eigenvalue weighted by Gasteiger charge is -2.46. The quantitative estimate of drug-likeness (QED) is 0.0707. The second-order valence-corrected chi connectivity index (χ2v) is 14.8. The minimum Gasteiger partial charge on any atom is -0.465 e. The van der Waals surface area contributed by atoms with Crippen LogP contribution in [0.3, 0.4) is 0 Å². The molecule has 1 fully saturated rings. The van der Waals surface area contributed by atoms with Gasteiger partial charge in [0.25, 0.3) is 0 Å². The molecule has 276 valence electrons. The van der Waals surface area contributed by atoms with Crippen molar-refractivity contribution in [3.63, 3.8) is 0 Å². The minimum absolute atomic E-state index is 0.0790. The lowest BCUT2D eigenvalue weighted by Crippen LogP contribution is -2.56. The number of carbonyl (C=O) groups is 3. The van der Waals surface area contributed by atoms with Crippen LogP contribution in [0.2, 0.25) is 0 Å². The Kier molecular flexibility index (Phi) is 22.1. The van der Waals surface area contributed by atoms with Crippen molar-refractivity contribution >= 4 is 33.1 Å². The predicted octanol–water partition coefficient (Wildman–Crippen LogP) is 4.34. The first-order valence-electron chi connectivity index (χ1n) is 16.9. The third-order valence-corrected chi connectivity index (χ3v) is 11.3. The van der Waals surface area contributed by atoms with Crippen LogP contribution in [-0.2, 0) is 55.8 Å². The Morgan fingerprint density at radius 3 is 1.28 bits per heavy atom. The van der Waals surface area contributed by atoms with Crippen LogP contribution >= 0.6 is 15.2 Å². The smallest absolute Gasteiger partial charge is 0.344 e. The normalized spacial score (nSPS) is 17.3. The number of carbonyl (C=O) groups excluding carboxylic acids is 3. The summed E-state index contributed by atoms with van der Waals surface area (Å²) in [5.74, 6) is -1.46. The fraction of sp³-hybridized carbons (Fsp3) is 0.900. The van der Waals surface area contributed by atoms with Gasteiger partial charge in [-0.3, -0.25) is 38.2 Å². The van der Waals surface area contributed by atoms with Gasteiger partial charge >= 0.3 is 33.1 Å². The minimum atomic E-state index is -3.63. The summed E-state index contributed by atoms with van der Waals surface area (Å²) < 4.78 is 65.9. The lowest BCUT2D eigenvalue weighted by molar-refractivity contribution is -0.148. The Morgan fingerprint density at radius 2 is 0.894 bits per heavy atom. The van der Waals surface area contributed by atoms with Crippen molar-refractivity contribution in [1.29, 1.82) is 0 Å². The maximum Gasteiger partial charge on any atom is 0.344 e. The van der Waals surface area contributed by atoms with Crippen LogP contribution in [0.15, 0.2) is 0 Å². The summed E-state index contributed by atoms with van der Waals surface area (Å²) in [6.07, 6.45) is 2.77. The summed E-state index contributed by atoms with van der Waals surface area (Å²) in [4.78, 5) is 43.2. The molecule has 1 aliphatic rings. The van der Waals surface area contributed by atoms with Gasteiger partial charge in [0.1, 0.15) is 12.6 Å². The van der Waals surface area contributed by atoms with E-state index in [2.05, 4.69) is 0 Å². The molecule has 0 aromatic rings. The average Bonchev–Trinajstić information content (AvgIpc) is 2.99. The molecule has 0 radical (unpaired) electrons. The fourth-order valence-electron chi connectivity index (χ4n) is 5.66. The third kappa shape index (κ3) is 16.7. The highest BCUT2D eigenvalue weighted by atomic mass is 31.2. The topological polar surface area (TPSA) is 160 Å². The Morgan fingerprint density at radius 1 is 0.532 bits per heavy atom. The van der Waals surface area contributed by atoms with Gasteiger partial charge in [0.15, 0.2) is 0 Å². The van der Waals surface area contributed by atoms with Gasteiger partial charge in [-0.25, -0.2) is 0 Å². The van der Waals surface area contributed by atoms with Gasteiger partial charge in [0, 0.05) is 25.2 Å². The molecular weight excluding hydrogens is 656 g/mol. The van der Waals surface area contributed by atoms with Gasteiger partial charge in [-0.05, 0) is 61.3 Å². The molecule has 1 saturated carbocycles. The zero-order valence-corrected chi connectivity index (χ0v) is 31.3. The number of hydrogen-bond acceptors (Lipinski definition) is 15. The maximum atomic E-state index is 14.0. The van der Waals surface area contributed by atoms with E-state index in [-0.39, 0.29) is 104 Å². The third-order valence-electron chi connectivity index (χ3n) is 7.30. The van der Waals surface area contributed by atoms with Gasteiger partial charge in [-0.1, -0.05) is 12.8 Å². The molecule has 0 aliphatic heterocycles. The molecule has 1 rings (SSSR count). The number of rotatable bonds is 26. The molecule has 0 aromatic carbocycles. The molecule has 0 aromatic heterocycles. The van der Waals surface area contributed by atoms with Crippen molar-refractivity contribution < 1.29 is 55.8 Å². The molecule has 0 unspecified atom stereocenters. The molecule has 0 bridgehead atoms. The summed E-state index contributed by atoms with van der Waals surface area (Å²) in [5.41, 5.74) is 0. The van der Waals surface area contributed by atoms with Gasteiger partial charge in [-0.15, -0.1) is 0 Å². The molecule has 47 heavy (non-hydrogen) atoms. The van der Waals surface area contributed by atoms with Crippen molar-refractivity contribution in [1.82, 2.24) is 14.7 Å². The summed E-state index contributed by atoms with van der Waals surface area (Å²) in [6.45, 7) is 13.3. The van der Waals surface area contributed by atoms with E-state index in [9.17, 15) is 23.5 Å². The molecule has 0 spiro atoms. The SMILES string of the molecule is CCOC(=O)CN(CCN(CP(=O)(OCC)OCC)[C@@H]1CCCC[C@H]1N(CC(=O)OCC)CP(=O)(OCC)OCC)CC(=O)OCC. The van der Waals surface area contributed by atoms with E-state index in [0.29, 0.717) is 12.8 Å². The highest BCUT2D eigenvalue weighted by Gasteiger charge is 2.41. The molecule has 0 saturated heterocycles. The largest absolute Gasteiger partial charge is 0.465 e. The van der Waals surface area contributed by atoms with Crippen LogP contribution in [-0.4, -0.2) is 136 Å². The number of esters is 3. The van der Waals surface area contributed by atoms with E-state index in [4.69, 9.17) is 32.3 Å². The summed E-state index contributed by atoms with van der Waals surface area (Å²) in [6, 6.07) is -0.654. The van der Waals surface area contributed by atoms with Gasteiger partial charge in [-0.2, -0.15) is 0 Å². The van der Waals surface area contributed by atoms with Crippen molar-refractivity contribution in [3.8, 4) is 0 Å². The van der Waals surface area contributed by atoms with E-state index in [0.717, 1.165) is 12.8 Å². The van der Waals surface area contributed by atoms with Crippen molar-refractivity contribution in [2.75, 3.05) is 91.5 Å². The van der Waals surface area contributed by atoms with Crippen LogP contribution in [0.25, 0.3) is 0 Å². The van der Waals surface area contributed by atoms with Gasteiger partial charge in [0.05, 0.1) is 65.9 Å². The lowest BCUT2D eigenvalue weighted by atomic mass is 9.88. The van der Waals surface area contributed by atoms with Crippen LogP contribution < -0.4 is 0 Å². The molecule has 17 heteroatoms. The van der Waals surface area contributed by atoms with Gasteiger partial charge < -0.3 is 32.3 Å². The fourth-order valence-corrected chi connectivity index (χ4v) is 9.26. The highest BCUT2D eigenvalue weighted by molar-refractivity contribution is 7.54. The van der Waals surface area contributed by atoms with Crippen molar-refractivity contribution in [2.45, 2.75) is 86.2 Å². The zero-order valence-electron chi connectivity index (χ0n) is 29.5. The van der Waals surface area contributed by atoms with Crippen LogP contribution in [0.5, 0.6) is 0 Å². The van der Waals surface area contributed by atoms with Crippen molar-refractivity contribution in [2.24, 2.45) is 0 Å². The Bertz CT molecular complexity index is 981. The van der Waals surface area contributed by atoms with Crippen LogP contribution in [0.1, 0.15) is 74.1 Å². The second-order valence-electron chi connectivity index (χ2n) is 10.8. The molecular formula is C30H59N3O12P2. The first-order valence-corrected chi connectivity index (χ1v) is 20.3. The molecule has 0 N–H and O–H groups in total. The first kappa shape index (κ1) is 43.6. The maximum absolute atomic E-state index is 14.0. The van der Waals surface area contributed by atoms with Crippen LogP contribution in [0.4, 0.5) is 0 Å². The Labute approximate surface area is 281 Å². The summed E-state index contributed by atoms with van der Waals surface area (Å²) >= 11 is 0. The molecule has 0 heterocycles. The Balaban J connectivity index is 3.58. The predicted molar refractivity (Wildman–Crippen MR) is 177 cm³/mol. The summed E-state index contributed by atoms with van der Waals surface area (Å²) in [7, 11) is -7.25. The highest BCUT2D eigenvalue weighted by Crippen LogP contribution is 2.51. The second kappa shape index (κ2) is 23.9. The number of hydrogen-bond donors (Lipinski definition) is 0. The average molecular weight is 716 g/mol. The van der Waals surface area contributed by atoms with E-state index in [1.807, 2.05) is 4.90 Å². The van der Waals surface area contributed by atoms with E-state index in [1.54, 1.807) is 58.3 Å². The van der Waals surface area contributed by atoms with Crippen molar-refractivity contribution in [3.05, 3.63) is 0 Å². The number of nitrogens with zero attached hydrogens (tertiary/aromatic N) is 3. The molecule has 2 atom stereocenters. The Hall–Kier alpha value is -1.41. The number of ether oxygens (including phenoxy) is 3. The first-order chi connectivity index (χ1) is 22.4. The molecule has 15 nitrogen and oxygen atoms in total. The molecule has 1 aliphatic carbocycles. The van der Waals surface area contributed by atoms with E-state index < -0.39 is 33.1 Å². The monoisotopic (exact) mass is 715 g/mol. The summed E-state index contributed by atoms with van der Waals surface area (Å²) in [5, 5.41) is 0. The van der Waals surface area contributed by atoms with E-state index >= 15 is 0 Å². The van der Waals surface area contributed by atoms with Gasteiger partial charge in [0.2, 0.25) is 0 Å². The molecule has 0 amide bonds.